The van der Waals surface area contributed by atoms with E-state index in [2.05, 4.69) is 29.3 Å². The van der Waals surface area contributed by atoms with Crippen molar-refractivity contribution in [3.63, 3.8) is 0 Å². The van der Waals surface area contributed by atoms with Gasteiger partial charge in [-0.1, -0.05) is 31.2 Å². The molecule has 1 unspecified atom stereocenters. The summed E-state index contributed by atoms with van der Waals surface area (Å²) in [5.74, 6) is 1.60. The van der Waals surface area contributed by atoms with Crippen molar-refractivity contribution in [2.24, 2.45) is 5.92 Å². The van der Waals surface area contributed by atoms with E-state index in [0.29, 0.717) is 18.7 Å². The molecule has 1 aliphatic rings. The summed E-state index contributed by atoms with van der Waals surface area (Å²) in [6.07, 6.45) is 2.62. The molecule has 1 N–H and O–H groups in total. The molecule has 0 aromatic heterocycles. The largest absolute Gasteiger partial charge is 0.494 e. The number of benzene rings is 2. The van der Waals surface area contributed by atoms with E-state index in [-0.39, 0.29) is 5.91 Å². The van der Waals surface area contributed by atoms with Crippen molar-refractivity contribution in [1.82, 2.24) is 10.2 Å². The lowest BCUT2D eigenvalue weighted by molar-refractivity contribution is 0.0951. The third-order valence-corrected chi connectivity index (χ3v) is 5.05. The number of amides is 1. The van der Waals surface area contributed by atoms with Crippen molar-refractivity contribution in [2.45, 2.75) is 39.8 Å². The molecule has 1 atom stereocenters. The molecule has 1 fully saturated rings. The lowest BCUT2D eigenvalue weighted by Crippen LogP contribution is -2.33. The summed E-state index contributed by atoms with van der Waals surface area (Å²) in [4.78, 5) is 14.9. The molecule has 27 heavy (non-hydrogen) atoms. The Labute approximate surface area is 162 Å². The van der Waals surface area contributed by atoms with Gasteiger partial charge in [-0.2, -0.15) is 0 Å². The number of hydrogen-bond donors (Lipinski definition) is 1. The predicted octanol–water partition coefficient (Wildman–Crippen LogP) is 4.25. The van der Waals surface area contributed by atoms with E-state index in [1.165, 1.54) is 31.5 Å². The van der Waals surface area contributed by atoms with E-state index < -0.39 is 0 Å². The number of nitrogens with one attached hydrogen (secondary N) is 1. The Hall–Kier alpha value is -2.33. The molecule has 2 aromatic rings. The predicted molar refractivity (Wildman–Crippen MR) is 109 cm³/mol. The zero-order valence-electron chi connectivity index (χ0n) is 16.4. The van der Waals surface area contributed by atoms with Crippen molar-refractivity contribution in [1.29, 1.82) is 0 Å². The second kappa shape index (κ2) is 9.56. The zero-order chi connectivity index (χ0) is 19.1. The Morgan fingerprint density at radius 2 is 1.81 bits per heavy atom. The zero-order valence-corrected chi connectivity index (χ0v) is 16.4. The number of rotatable bonds is 7. The standard InChI is InChI=1S/C23H30N2O2/c1-3-27-22-12-8-19(9-13-22)15-24-23(26)21-10-6-20(7-11-21)17-25-14-4-5-18(2)16-25/h6-13,18H,3-5,14-17H2,1-2H3,(H,24,26). The van der Waals surface area contributed by atoms with E-state index in [1.54, 1.807) is 0 Å². The van der Waals surface area contributed by atoms with Crippen LogP contribution >= 0.6 is 0 Å². The van der Waals surface area contributed by atoms with Crippen molar-refractivity contribution in [3.05, 3.63) is 65.2 Å². The van der Waals surface area contributed by atoms with Crippen molar-refractivity contribution >= 4 is 5.91 Å². The highest BCUT2D eigenvalue weighted by atomic mass is 16.5. The molecule has 1 heterocycles. The molecular formula is C23H30N2O2. The Bertz CT molecular complexity index is 725. The second-order valence-electron chi connectivity index (χ2n) is 7.44. The molecule has 0 bridgehead atoms. The highest BCUT2D eigenvalue weighted by Gasteiger charge is 2.16. The maximum atomic E-state index is 12.4. The number of nitrogens with zero attached hydrogens (tertiary/aromatic N) is 1. The van der Waals surface area contributed by atoms with Gasteiger partial charge in [0.15, 0.2) is 0 Å². The SMILES string of the molecule is CCOc1ccc(CNC(=O)c2ccc(CN3CCCC(C)C3)cc2)cc1. The van der Waals surface area contributed by atoms with Crippen LogP contribution in [0.3, 0.4) is 0 Å². The molecule has 0 saturated carbocycles. The minimum absolute atomic E-state index is 0.0398. The van der Waals surface area contributed by atoms with Crippen LogP contribution in [0.15, 0.2) is 48.5 Å². The summed E-state index contributed by atoms with van der Waals surface area (Å²) in [5, 5.41) is 2.98. The van der Waals surface area contributed by atoms with Crippen LogP contribution in [0.4, 0.5) is 0 Å². The third kappa shape index (κ3) is 5.83. The Morgan fingerprint density at radius 3 is 2.48 bits per heavy atom. The van der Waals surface area contributed by atoms with E-state index in [1.807, 2.05) is 43.3 Å². The van der Waals surface area contributed by atoms with Crippen molar-refractivity contribution in [2.75, 3.05) is 19.7 Å². The summed E-state index contributed by atoms with van der Waals surface area (Å²) in [6, 6.07) is 15.8. The first-order valence-electron chi connectivity index (χ1n) is 9.95. The molecule has 4 heteroatoms. The summed E-state index contributed by atoms with van der Waals surface area (Å²) < 4.78 is 5.44. The van der Waals surface area contributed by atoms with Crippen LogP contribution in [0.5, 0.6) is 5.75 Å². The smallest absolute Gasteiger partial charge is 0.251 e. The monoisotopic (exact) mass is 366 g/mol. The number of carbonyl (C=O) groups excluding carboxylic acids is 1. The number of piperidine rings is 1. The van der Waals surface area contributed by atoms with Gasteiger partial charge in [-0.05, 0) is 67.6 Å². The Morgan fingerprint density at radius 1 is 1.11 bits per heavy atom. The topological polar surface area (TPSA) is 41.6 Å². The molecule has 4 nitrogen and oxygen atoms in total. The van der Waals surface area contributed by atoms with Gasteiger partial charge in [-0.3, -0.25) is 9.69 Å². The number of likely N-dealkylation sites (tertiary alicyclic amines) is 1. The summed E-state index contributed by atoms with van der Waals surface area (Å²) in [7, 11) is 0. The molecule has 0 radical (unpaired) electrons. The van der Waals surface area contributed by atoms with Crippen LogP contribution < -0.4 is 10.1 Å². The van der Waals surface area contributed by atoms with E-state index in [9.17, 15) is 4.79 Å². The first-order chi connectivity index (χ1) is 13.1. The number of carbonyl (C=O) groups is 1. The lowest BCUT2D eigenvalue weighted by Gasteiger charge is -2.30. The second-order valence-corrected chi connectivity index (χ2v) is 7.44. The molecule has 1 amide bonds. The first kappa shape index (κ1) is 19.4. The van der Waals surface area contributed by atoms with Gasteiger partial charge in [-0.25, -0.2) is 0 Å². The third-order valence-electron chi connectivity index (χ3n) is 5.05. The van der Waals surface area contributed by atoms with Gasteiger partial charge < -0.3 is 10.1 Å². The van der Waals surface area contributed by atoms with Crippen LogP contribution in [0.25, 0.3) is 0 Å². The summed E-state index contributed by atoms with van der Waals surface area (Å²) in [6.45, 7) is 8.77. The van der Waals surface area contributed by atoms with Crippen LogP contribution in [0, 0.1) is 5.92 Å². The minimum atomic E-state index is -0.0398. The van der Waals surface area contributed by atoms with E-state index in [4.69, 9.17) is 4.74 Å². The summed E-state index contributed by atoms with van der Waals surface area (Å²) in [5.41, 5.74) is 3.03. The maximum Gasteiger partial charge on any atom is 0.251 e. The highest BCUT2D eigenvalue weighted by Crippen LogP contribution is 2.18. The quantitative estimate of drug-likeness (QED) is 0.797. The van der Waals surface area contributed by atoms with Crippen molar-refractivity contribution in [3.8, 4) is 5.75 Å². The Kier molecular flexibility index (Phi) is 6.88. The fourth-order valence-electron chi connectivity index (χ4n) is 3.60. The van der Waals surface area contributed by atoms with Crippen LogP contribution in [0.1, 0.15) is 48.2 Å². The van der Waals surface area contributed by atoms with Gasteiger partial charge in [0, 0.05) is 25.2 Å². The minimum Gasteiger partial charge on any atom is -0.494 e. The molecule has 144 valence electrons. The highest BCUT2D eigenvalue weighted by molar-refractivity contribution is 5.94. The normalized spacial score (nSPS) is 17.5. The van der Waals surface area contributed by atoms with Crippen LogP contribution in [-0.2, 0) is 13.1 Å². The average Bonchev–Trinajstić information content (AvgIpc) is 2.68. The van der Waals surface area contributed by atoms with Gasteiger partial charge in [0.2, 0.25) is 0 Å². The van der Waals surface area contributed by atoms with Crippen molar-refractivity contribution < 1.29 is 9.53 Å². The molecule has 0 aliphatic carbocycles. The molecular weight excluding hydrogens is 336 g/mol. The van der Waals surface area contributed by atoms with Crippen LogP contribution in [-0.4, -0.2) is 30.5 Å². The van der Waals surface area contributed by atoms with Gasteiger partial charge in [-0.15, -0.1) is 0 Å². The molecule has 2 aromatic carbocycles. The number of hydrogen-bond acceptors (Lipinski definition) is 3. The fraction of sp³-hybridized carbons (Fsp3) is 0.435. The molecule has 1 aliphatic heterocycles. The number of ether oxygens (including phenoxy) is 1. The van der Waals surface area contributed by atoms with Gasteiger partial charge in [0.05, 0.1) is 6.61 Å². The lowest BCUT2D eigenvalue weighted by atomic mass is 9.99. The van der Waals surface area contributed by atoms with Gasteiger partial charge in [0.25, 0.3) is 5.91 Å². The molecule has 1 saturated heterocycles. The first-order valence-corrected chi connectivity index (χ1v) is 9.95. The maximum absolute atomic E-state index is 12.4. The van der Waals surface area contributed by atoms with E-state index in [0.717, 1.165) is 23.8 Å². The van der Waals surface area contributed by atoms with Crippen LogP contribution in [0.2, 0.25) is 0 Å². The summed E-state index contributed by atoms with van der Waals surface area (Å²) >= 11 is 0. The fourth-order valence-corrected chi connectivity index (χ4v) is 3.60. The van der Waals surface area contributed by atoms with Gasteiger partial charge in [0.1, 0.15) is 5.75 Å². The van der Waals surface area contributed by atoms with Gasteiger partial charge >= 0.3 is 0 Å². The molecule has 3 rings (SSSR count). The molecule has 0 spiro atoms. The Balaban J connectivity index is 1.49. The average molecular weight is 367 g/mol. The van der Waals surface area contributed by atoms with E-state index >= 15 is 0 Å².